The van der Waals surface area contributed by atoms with Gasteiger partial charge in [0.05, 0.1) is 10.8 Å². The molecule has 4 amide bonds. The van der Waals surface area contributed by atoms with E-state index < -0.39 is 79.1 Å². The van der Waals surface area contributed by atoms with Gasteiger partial charge >= 0.3 is 25.2 Å². The quantitative estimate of drug-likeness (QED) is 0.125. The lowest BCUT2D eigenvalue weighted by Gasteiger charge is -2.39. The number of esters is 2. The van der Waals surface area contributed by atoms with Crippen molar-refractivity contribution in [3.63, 3.8) is 0 Å². The number of hydrogen-bond acceptors (Lipinski definition) is 11. The number of rotatable bonds is 12. The number of fused-ring (bicyclic) bond motifs is 2. The first-order valence-electron chi connectivity index (χ1n) is 19.4. The van der Waals surface area contributed by atoms with E-state index in [1.54, 1.807) is 31.3 Å². The Balaban J connectivity index is 1.39. The van der Waals surface area contributed by atoms with Crippen molar-refractivity contribution in [1.29, 1.82) is 0 Å². The Labute approximate surface area is 346 Å². The Morgan fingerprint density at radius 3 is 2.05 bits per heavy atom. The number of nitrogens with zero attached hydrogens (tertiary/aromatic N) is 3. The van der Waals surface area contributed by atoms with Crippen LogP contribution in [0.25, 0.3) is 10.9 Å². The van der Waals surface area contributed by atoms with Gasteiger partial charge in [0.2, 0.25) is 31.3 Å². The number of halogens is 2. The summed E-state index contributed by atoms with van der Waals surface area (Å²) in [4.78, 5) is 86.5. The van der Waals surface area contributed by atoms with Crippen LogP contribution >= 0.6 is 7.60 Å². The fourth-order valence-electron chi connectivity index (χ4n) is 6.78. The highest BCUT2D eigenvalue weighted by Gasteiger charge is 2.56. The van der Waals surface area contributed by atoms with Crippen molar-refractivity contribution in [2.24, 2.45) is 10.8 Å². The average Bonchev–Trinajstić information content (AvgIpc) is 3.81. The van der Waals surface area contributed by atoms with Crippen molar-refractivity contribution < 1.29 is 60.6 Å². The van der Waals surface area contributed by atoms with Gasteiger partial charge in [-0.3, -0.25) is 42.4 Å². The van der Waals surface area contributed by atoms with Crippen molar-refractivity contribution >= 4 is 59.8 Å². The second-order valence-electron chi connectivity index (χ2n) is 16.9. The fourth-order valence-corrected chi connectivity index (χ4v) is 8.02. The van der Waals surface area contributed by atoms with Gasteiger partial charge in [-0.05, 0) is 91.1 Å². The molecule has 2 aliphatic rings. The standard InChI is InChI=1S/C41H52F2N5O11P/c1-25(49)47-19-18-29-15-17-33(36(52)46(8)28-12-10-9-11-13-28)48(29)35(51)32(22-47)45-34(50)31-21-26-20-27(14-16-30(26)44-31)41(42,43)60(55,58-23-56-37(53)39(2,3)4)59-24-57-38(54)40(5,6)7/h9-14,16,20-21,29,32-33,44H,15,17-19,22-24H2,1-8H3,(H,45,50)/t29-,32+,33?/m1/s1. The summed E-state index contributed by atoms with van der Waals surface area (Å²) in [5, 5.41) is 2.75. The highest BCUT2D eigenvalue weighted by Crippen LogP contribution is 2.67. The molecule has 2 saturated heterocycles. The number of alkyl halides is 2. The molecule has 0 spiro atoms. The fraction of sp³-hybridized carbons (Fsp3) is 0.512. The largest absolute Gasteiger partial charge is 0.438 e. The van der Waals surface area contributed by atoms with Crippen LogP contribution in [0.2, 0.25) is 0 Å². The highest BCUT2D eigenvalue weighted by atomic mass is 31.2. The van der Waals surface area contributed by atoms with Crippen molar-refractivity contribution in [2.75, 3.05) is 38.6 Å². The first-order valence-corrected chi connectivity index (χ1v) is 20.9. The maximum absolute atomic E-state index is 16.3. The van der Waals surface area contributed by atoms with Gasteiger partial charge in [-0.25, -0.2) is 0 Å². The van der Waals surface area contributed by atoms with Gasteiger partial charge in [0.15, 0.2) is 0 Å². The highest BCUT2D eigenvalue weighted by molar-refractivity contribution is 7.54. The third kappa shape index (κ3) is 10.0. The van der Waals surface area contributed by atoms with Gasteiger partial charge in [0.25, 0.3) is 5.91 Å². The van der Waals surface area contributed by atoms with Crippen LogP contribution in [0.1, 0.15) is 83.8 Å². The van der Waals surface area contributed by atoms with E-state index in [1.807, 2.05) is 6.07 Å². The van der Waals surface area contributed by atoms with E-state index in [-0.39, 0.29) is 47.5 Å². The van der Waals surface area contributed by atoms with E-state index in [1.165, 1.54) is 75.3 Å². The predicted octanol–water partition coefficient (Wildman–Crippen LogP) is 5.91. The van der Waals surface area contributed by atoms with Crippen molar-refractivity contribution in [3.8, 4) is 0 Å². The second-order valence-corrected chi connectivity index (χ2v) is 19.0. The molecule has 2 aromatic carbocycles. The molecule has 0 radical (unpaired) electrons. The summed E-state index contributed by atoms with van der Waals surface area (Å²) in [5.74, 6) is -3.64. The number of aromatic amines is 1. The van der Waals surface area contributed by atoms with Crippen LogP contribution in [-0.4, -0.2) is 102 Å². The van der Waals surface area contributed by atoms with Crippen LogP contribution in [0.5, 0.6) is 0 Å². The summed E-state index contributed by atoms with van der Waals surface area (Å²) in [6, 6.07) is 10.8. The number of likely N-dealkylation sites (N-methyl/N-ethyl adjacent to an activating group) is 1. The van der Waals surface area contributed by atoms with E-state index in [9.17, 15) is 33.3 Å². The molecule has 2 aliphatic heterocycles. The van der Waals surface area contributed by atoms with Crippen molar-refractivity contribution in [1.82, 2.24) is 20.1 Å². The molecular weight excluding hydrogens is 807 g/mol. The number of carbonyl (C=O) groups is 6. The van der Waals surface area contributed by atoms with Crippen molar-refractivity contribution in [2.45, 2.75) is 91.5 Å². The Kier molecular flexibility index (Phi) is 13.6. The van der Waals surface area contributed by atoms with Crippen LogP contribution in [0, 0.1) is 10.8 Å². The van der Waals surface area contributed by atoms with Crippen LogP contribution in [-0.2, 0) is 52.7 Å². The summed E-state index contributed by atoms with van der Waals surface area (Å²) in [7, 11) is -4.00. The molecule has 0 aliphatic carbocycles. The zero-order valence-corrected chi connectivity index (χ0v) is 35.8. The van der Waals surface area contributed by atoms with Crippen LogP contribution in [0.4, 0.5) is 14.5 Å². The predicted molar refractivity (Wildman–Crippen MR) is 214 cm³/mol. The van der Waals surface area contributed by atoms with Gasteiger partial charge < -0.3 is 34.5 Å². The molecule has 326 valence electrons. The maximum Gasteiger partial charge on any atom is 0.410 e. The van der Waals surface area contributed by atoms with Crippen LogP contribution in [0.15, 0.2) is 54.6 Å². The van der Waals surface area contributed by atoms with E-state index in [2.05, 4.69) is 10.3 Å². The van der Waals surface area contributed by atoms with E-state index in [0.717, 1.165) is 12.1 Å². The monoisotopic (exact) mass is 859 g/mol. The van der Waals surface area contributed by atoms with Gasteiger partial charge in [0, 0.05) is 55.3 Å². The molecule has 2 N–H and O–H groups in total. The summed E-state index contributed by atoms with van der Waals surface area (Å²) in [5.41, 5.74) is -6.67. The van der Waals surface area contributed by atoms with Gasteiger partial charge in [-0.1, -0.05) is 24.3 Å². The number of ether oxygens (including phenoxy) is 2. The lowest BCUT2D eigenvalue weighted by atomic mass is 9.98. The number of aromatic nitrogens is 1. The average molecular weight is 860 g/mol. The molecule has 3 heterocycles. The number of amides is 4. The number of hydrogen-bond donors (Lipinski definition) is 2. The molecule has 2 fully saturated rings. The van der Waals surface area contributed by atoms with E-state index >= 15 is 8.78 Å². The molecule has 5 rings (SSSR count). The zero-order chi connectivity index (χ0) is 44.4. The zero-order valence-electron chi connectivity index (χ0n) is 34.9. The molecule has 19 heteroatoms. The maximum atomic E-state index is 16.3. The molecule has 0 bridgehead atoms. The Hall–Kier alpha value is -5.19. The lowest BCUT2D eigenvalue weighted by molar-refractivity contribution is -0.163. The third-order valence-corrected chi connectivity index (χ3v) is 12.1. The Morgan fingerprint density at radius 1 is 0.883 bits per heavy atom. The van der Waals surface area contributed by atoms with Gasteiger partial charge in [0.1, 0.15) is 17.8 Å². The number of H-pyrrole nitrogens is 1. The van der Waals surface area contributed by atoms with Crippen LogP contribution in [0.3, 0.4) is 0 Å². The molecule has 1 aromatic heterocycles. The molecule has 1 unspecified atom stereocenters. The van der Waals surface area contributed by atoms with Gasteiger partial charge in [-0.2, -0.15) is 8.78 Å². The molecular formula is C41H52F2N5O11P. The van der Waals surface area contributed by atoms with Gasteiger partial charge in [-0.15, -0.1) is 0 Å². The van der Waals surface area contributed by atoms with E-state index in [0.29, 0.717) is 24.9 Å². The number of nitrogens with one attached hydrogen (secondary N) is 2. The molecule has 16 nitrogen and oxygen atoms in total. The normalized spacial score (nSPS) is 19.0. The van der Waals surface area contributed by atoms with Crippen LogP contribution < -0.4 is 10.2 Å². The molecule has 3 aromatic rings. The molecule has 60 heavy (non-hydrogen) atoms. The number of para-hydroxylation sites is 1. The Morgan fingerprint density at radius 2 is 1.48 bits per heavy atom. The first kappa shape index (κ1) is 45.9. The smallest absolute Gasteiger partial charge is 0.410 e. The summed E-state index contributed by atoms with van der Waals surface area (Å²) >= 11 is 0. The minimum absolute atomic E-state index is 0.0609. The summed E-state index contributed by atoms with van der Waals surface area (Å²) in [6.07, 6.45) is 1.33. The topological polar surface area (TPSA) is 194 Å². The first-order chi connectivity index (χ1) is 27.9. The molecule has 0 saturated carbocycles. The number of benzene rings is 2. The number of anilines is 1. The minimum Gasteiger partial charge on any atom is -0.438 e. The summed E-state index contributed by atoms with van der Waals surface area (Å²) in [6.45, 7) is 8.17. The van der Waals surface area contributed by atoms with Crippen molar-refractivity contribution in [3.05, 3.63) is 65.9 Å². The minimum atomic E-state index is -5.63. The third-order valence-electron chi connectivity index (χ3n) is 10.3. The SMILES string of the molecule is CC(=O)N1CC[C@H]2CCC(C(=O)N(C)c3ccccc3)N2C(=O)[C@@H](NC(=O)c2cc3cc(C(F)(F)P(=O)(OCOC(=O)C(C)(C)C)OCOC(=O)C(C)(C)C)ccc3[nH]2)C1. The van der Waals surface area contributed by atoms with E-state index in [4.69, 9.17) is 18.5 Å². The number of carbonyl (C=O) groups excluding carboxylic acids is 6. The Bertz CT molecular complexity index is 2130. The summed E-state index contributed by atoms with van der Waals surface area (Å²) < 4.78 is 66.2. The second kappa shape index (κ2) is 17.8. The molecule has 3 atom stereocenters. The lowest BCUT2D eigenvalue weighted by Crippen LogP contribution is -2.61.